The van der Waals surface area contributed by atoms with Crippen molar-refractivity contribution >= 4 is 44.1 Å². The molecule has 3 aromatic heterocycles. The summed E-state index contributed by atoms with van der Waals surface area (Å²) in [7, 11) is -3.16. The molecule has 0 saturated carbocycles. The summed E-state index contributed by atoms with van der Waals surface area (Å²) in [6.45, 7) is 1.74. The smallest absolute Gasteiger partial charge is 0.256 e. The molecule has 4 heterocycles. The normalized spacial score (nSPS) is 17.5. The summed E-state index contributed by atoms with van der Waals surface area (Å²) in [5.74, 6) is -0.579. The van der Waals surface area contributed by atoms with Gasteiger partial charge in [0.25, 0.3) is 5.91 Å². The summed E-state index contributed by atoms with van der Waals surface area (Å²) < 4.78 is 44.7. The zero-order chi connectivity index (χ0) is 23.3. The summed E-state index contributed by atoms with van der Waals surface area (Å²) in [5, 5.41) is 7.66. The molecule has 1 aliphatic rings. The minimum Gasteiger partial charge on any atom is -0.463 e. The highest BCUT2D eigenvalue weighted by Crippen LogP contribution is 2.32. The van der Waals surface area contributed by atoms with E-state index in [0.29, 0.717) is 40.3 Å². The SMILES string of the molecule is Cc1nn(C2CCS(=O)(=O)C2)c2nc(-c3ccco3)cc(C(=O)Nc3ccc(F)c(Cl)c3)c12. The van der Waals surface area contributed by atoms with E-state index < -0.39 is 21.6 Å². The van der Waals surface area contributed by atoms with Gasteiger partial charge < -0.3 is 9.73 Å². The molecule has 1 unspecified atom stereocenters. The van der Waals surface area contributed by atoms with Gasteiger partial charge in [-0.2, -0.15) is 5.10 Å². The molecule has 1 aromatic carbocycles. The Morgan fingerprint density at radius 3 is 2.79 bits per heavy atom. The van der Waals surface area contributed by atoms with Gasteiger partial charge in [-0.3, -0.25) is 4.79 Å². The van der Waals surface area contributed by atoms with E-state index in [-0.39, 0.29) is 28.1 Å². The molecule has 5 rings (SSSR count). The van der Waals surface area contributed by atoms with Crippen LogP contribution in [-0.2, 0) is 9.84 Å². The number of aryl methyl sites for hydroxylation is 1. The number of furan rings is 1. The maximum absolute atomic E-state index is 13.5. The number of hydrogen-bond acceptors (Lipinski definition) is 6. The summed E-state index contributed by atoms with van der Waals surface area (Å²) >= 11 is 5.84. The zero-order valence-corrected chi connectivity index (χ0v) is 19.0. The second-order valence-corrected chi connectivity index (χ2v) is 10.5. The van der Waals surface area contributed by atoms with E-state index in [9.17, 15) is 17.6 Å². The molecule has 1 aliphatic heterocycles. The molecular weight excluding hydrogens is 471 g/mol. The molecule has 8 nitrogen and oxygen atoms in total. The fourth-order valence-corrected chi connectivity index (χ4v) is 5.91. The Kier molecular flexibility index (Phi) is 5.21. The molecule has 0 aliphatic carbocycles. The molecule has 4 aromatic rings. The highest BCUT2D eigenvalue weighted by molar-refractivity contribution is 7.91. The minimum atomic E-state index is -3.16. The molecule has 0 bridgehead atoms. The molecule has 1 saturated heterocycles. The van der Waals surface area contributed by atoms with Crippen LogP contribution in [0.4, 0.5) is 10.1 Å². The number of halogens is 2. The minimum absolute atomic E-state index is 0.0362. The second-order valence-electron chi connectivity index (χ2n) is 7.90. The third kappa shape index (κ3) is 4.00. The Morgan fingerprint density at radius 1 is 1.30 bits per heavy atom. The van der Waals surface area contributed by atoms with Crippen LogP contribution in [0.3, 0.4) is 0 Å². The van der Waals surface area contributed by atoms with Gasteiger partial charge in [-0.25, -0.2) is 22.5 Å². The molecule has 1 amide bonds. The van der Waals surface area contributed by atoms with Gasteiger partial charge in [0.05, 0.1) is 45.5 Å². The number of nitrogens with zero attached hydrogens (tertiary/aromatic N) is 3. The standard InChI is InChI=1S/C22H18ClFN4O4S/c1-12-20-15(22(29)25-13-4-5-17(24)16(23)9-13)10-18(19-3-2-7-32-19)26-21(20)28(27-12)14-6-8-33(30,31)11-14/h2-5,7,9-10,14H,6,8,11H2,1H3,(H,25,29). The largest absolute Gasteiger partial charge is 0.463 e. The number of hydrogen-bond donors (Lipinski definition) is 1. The molecule has 0 spiro atoms. The fraction of sp³-hybridized carbons (Fsp3) is 0.227. The second kappa shape index (κ2) is 7.96. The highest BCUT2D eigenvalue weighted by Gasteiger charge is 2.32. The van der Waals surface area contributed by atoms with Crippen molar-refractivity contribution in [3.63, 3.8) is 0 Å². The van der Waals surface area contributed by atoms with Gasteiger partial charge >= 0.3 is 0 Å². The van der Waals surface area contributed by atoms with Crippen molar-refractivity contribution in [1.82, 2.24) is 14.8 Å². The van der Waals surface area contributed by atoms with Crippen LogP contribution < -0.4 is 5.32 Å². The van der Waals surface area contributed by atoms with E-state index >= 15 is 0 Å². The van der Waals surface area contributed by atoms with Gasteiger partial charge in [0.2, 0.25) is 0 Å². The van der Waals surface area contributed by atoms with E-state index in [4.69, 9.17) is 16.0 Å². The zero-order valence-electron chi connectivity index (χ0n) is 17.4. The Hall–Kier alpha value is -3.24. The third-order valence-corrected chi connectivity index (χ3v) is 7.63. The van der Waals surface area contributed by atoms with Gasteiger partial charge in [-0.15, -0.1) is 0 Å². The monoisotopic (exact) mass is 488 g/mol. The number of sulfone groups is 1. The average Bonchev–Trinajstić information content (AvgIpc) is 3.49. The van der Waals surface area contributed by atoms with Gasteiger partial charge in [0.15, 0.2) is 21.2 Å². The summed E-state index contributed by atoms with van der Waals surface area (Å²) in [6.07, 6.45) is 1.91. The van der Waals surface area contributed by atoms with Crippen molar-refractivity contribution in [2.24, 2.45) is 0 Å². The van der Waals surface area contributed by atoms with Crippen LogP contribution in [0.2, 0.25) is 5.02 Å². The first-order chi connectivity index (χ1) is 15.7. The molecule has 1 fully saturated rings. The first kappa shape index (κ1) is 21.6. The first-order valence-corrected chi connectivity index (χ1v) is 12.3. The van der Waals surface area contributed by atoms with Crippen molar-refractivity contribution in [3.05, 3.63) is 64.8 Å². The summed E-state index contributed by atoms with van der Waals surface area (Å²) in [5.41, 5.74) is 1.93. The number of pyridine rings is 1. The van der Waals surface area contributed by atoms with Crippen LogP contribution in [0.15, 0.2) is 47.1 Å². The number of nitrogens with one attached hydrogen (secondary N) is 1. The number of aromatic nitrogens is 3. The lowest BCUT2D eigenvalue weighted by Crippen LogP contribution is -2.15. The molecular formula is C22H18ClFN4O4S. The van der Waals surface area contributed by atoms with Crippen molar-refractivity contribution in [1.29, 1.82) is 0 Å². The van der Waals surface area contributed by atoms with Crippen LogP contribution >= 0.6 is 11.6 Å². The van der Waals surface area contributed by atoms with Crippen LogP contribution in [0.1, 0.15) is 28.5 Å². The number of carbonyl (C=O) groups is 1. The fourth-order valence-electron chi connectivity index (χ4n) is 4.04. The molecule has 170 valence electrons. The van der Waals surface area contributed by atoms with Crippen LogP contribution in [0, 0.1) is 12.7 Å². The molecule has 33 heavy (non-hydrogen) atoms. The van der Waals surface area contributed by atoms with Crippen molar-refractivity contribution in [3.8, 4) is 11.5 Å². The third-order valence-electron chi connectivity index (χ3n) is 5.59. The van der Waals surface area contributed by atoms with Gasteiger partial charge in [-0.1, -0.05) is 11.6 Å². The van der Waals surface area contributed by atoms with Crippen molar-refractivity contribution < 1.29 is 22.0 Å². The highest BCUT2D eigenvalue weighted by atomic mass is 35.5. The first-order valence-electron chi connectivity index (χ1n) is 10.1. The maximum Gasteiger partial charge on any atom is 0.256 e. The lowest BCUT2D eigenvalue weighted by Gasteiger charge is -2.12. The number of benzene rings is 1. The molecule has 1 N–H and O–H groups in total. The Bertz CT molecular complexity index is 1500. The predicted molar refractivity (Wildman–Crippen MR) is 122 cm³/mol. The number of carbonyl (C=O) groups excluding carboxylic acids is 1. The molecule has 11 heteroatoms. The van der Waals surface area contributed by atoms with E-state index in [1.54, 1.807) is 29.8 Å². The lowest BCUT2D eigenvalue weighted by molar-refractivity contribution is 0.102. The summed E-state index contributed by atoms with van der Waals surface area (Å²) in [4.78, 5) is 18.0. The molecule has 1 atom stereocenters. The van der Waals surface area contributed by atoms with Crippen LogP contribution in [0.25, 0.3) is 22.5 Å². The van der Waals surface area contributed by atoms with Gasteiger partial charge in [0, 0.05) is 5.69 Å². The van der Waals surface area contributed by atoms with Gasteiger partial charge in [-0.05, 0) is 49.7 Å². The average molecular weight is 489 g/mol. The maximum atomic E-state index is 13.5. The Labute approximate surface area is 193 Å². The van der Waals surface area contributed by atoms with Crippen molar-refractivity contribution in [2.45, 2.75) is 19.4 Å². The van der Waals surface area contributed by atoms with Crippen molar-refractivity contribution in [2.75, 3.05) is 16.8 Å². The van der Waals surface area contributed by atoms with E-state index in [2.05, 4.69) is 15.4 Å². The van der Waals surface area contributed by atoms with Crippen LogP contribution in [0.5, 0.6) is 0 Å². The number of amides is 1. The van der Waals surface area contributed by atoms with E-state index in [1.807, 2.05) is 0 Å². The quantitative estimate of drug-likeness (QED) is 0.456. The topological polar surface area (TPSA) is 107 Å². The predicted octanol–water partition coefficient (Wildman–Crippen LogP) is 4.40. The number of anilines is 1. The van der Waals surface area contributed by atoms with Gasteiger partial charge in [0.1, 0.15) is 11.5 Å². The lowest BCUT2D eigenvalue weighted by atomic mass is 10.1. The number of fused-ring (bicyclic) bond motifs is 1. The Balaban J connectivity index is 1.65. The summed E-state index contributed by atoms with van der Waals surface area (Å²) in [6, 6.07) is 8.52. The Morgan fingerprint density at radius 2 is 2.12 bits per heavy atom. The van der Waals surface area contributed by atoms with E-state index in [0.717, 1.165) is 6.07 Å². The van der Waals surface area contributed by atoms with Crippen LogP contribution in [-0.4, -0.2) is 40.6 Å². The molecule has 0 radical (unpaired) electrons. The van der Waals surface area contributed by atoms with E-state index in [1.165, 1.54) is 18.4 Å². The number of rotatable bonds is 4.